The van der Waals surface area contributed by atoms with Crippen LogP contribution in [-0.2, 0) is 20.1 Å². The monoisotopic (exact) mass is 252 g/mol. The second kappa shape index (κ2) is 5.34. The van der Waals surface area contributed by atoms with E-state index in [0.717, 1.165) is 12.1 Å². The molecule has 4 heteroatoms. The first kappa shape index (κ1) is 12.1. The van der Waals surface area contributed by atoms with Gasteiger partial charge in [0, 0.05) is 32.5 Å². The van der Waals surface area contributed by atoms with Crippen LogP contribution in [0.25, 0.3) is 0 Å². The second-order valence-corrected chi connectivity index (χ2v) is 4.44. The number of nitrogens with one attached hydrogen (secondary N) is 1. The second-order valence-electron chi connectivity index (χ2n) is 4.04. The molecule has 0 unspecified atom stereocenters. The summed E-state index contributed by atoms with van der Waals surface area (Å²) in [5.74, 6) is -0.376. The molecule has 90 valence electrons. The molecule has 0 amide bonds. The third kappa shape index (κ3) is 3.32. The Bertz CT molecular complexity index is 508. The van der Waals surface area contributed by atoms with Crippen molar-refractivity contribution in [1.82, 2.24) is 9.88 Å². The van der Waals surface area contributed by atoms with Crippen molar-refractivity contribution >= 4 is 11.6 Å². The van der Waals surface area contributed by atoms with Crippen molar-refractivity contribution in [2.45, 2.75) is 13.1 Å². The first-order valence-corrected chi connectivity index (χ1v) is 5.78. The van der Waals surface area contributed by atoms with Crippen molar-refractivity contribution in [3.05, 3.63) is 58.6 Å². The van der Waals surface area contributed by atoms with Crippen LogP contribution in [-0.4, -0.2) is 4.57 Å². The van der Waals surface area contributed by atoms with Gasteiger partial charge in [0.05, 0.1) is 5.02 Å². The molecule has 1 N–H and O–H groups in total. The largest absolute Gasteiger partial charge is 0.357 e. The highest BCUT2D eigenvalue weighted by Gasteiger charge is 2.01. The van der Waals surface area contributed by atoms with E-state index in [2.05, 4.69) is 17.6 Å². The van der Waals surface area contributed by atoms with Crippen LogP contribution in [0.1, 0.15) is 11.1 Å². The molecule has 0 aliphatic carbocycles. The van der Waals surface area contributed by atoms with E-state index in [4.69, 9.17) is 11.6 Å². The van der Waals surface area contributed by atoms with Gasteiger partial charge >= 0.3 is 0 Å². The van der Waals surface area contributed by atoms with Gasteiger partial charge in [0.15, 0.2) is 0 Å². The zero-order valence-electron chi connectivity index (χ0n) is 9.58. The van der Waals surface area contributed by atoms with E-state index in [1.54, 1.807) is 12.1 Å². The molecular formula is C13H14ClFN2. The lowest BCUT2D eigenvalue weighted by molar-refractivity contribution is 0.625. The molecule has 1 aromatic carbocycles. The lowest BCUT2D eigenvalue weighted by Gasteiger charge is -2.04. The van der Waals surface area contributed by atoms with Gasteiger partial charge in [0.25, 0.3) is 0 Å². The Morgan fingerprint density at radius 2 is 2.00 bits per heavy atom. The van der Waals surface area contributed by atoms with Crippen molar-refractivity contribution in [2.75, 3.05) is 0 Å². The molecule has 0 bridgehead atoms. The number of halogens is 2. The van der Waals surface area contributed by atoms with Crippen molar-refractivity contribution in [1.29, 1.82) is 0 Å². The van der Waals surface area contributed by atoms with Crippen LogP contribution in [0, 0.1) is 5.82 Å². The van der Waals surface area contributed by atoms with Gasteiger partial charge in [-0.1, -0.05) is 17.7 Å². The van der Waals surface area contributed by atoms with Gasteiger partial charge in [-0.05, 0) is 29.3 Å². The maximum absolute atomic E-state index is 12.9. The van der Waals surface area contributed by atoms with Crippen molar-refractivity contribution in [2.24, 2.45) is 7.05 Å². The molecule has 0 saturated heterocycles. The predicted molar refractivity (Wildman–Crippen MR) is 67.4 cm³/mol. The summed E-state index contributed by atoms with van der Waals surface area (Å²) in [7, 11) is 1.99. The maximum Gasteiger partial charge on any atom is 0.141 e. The molecule has 1 aromatic heterocycles. The van der Waals surface area contributed by atoms with Crippen LogP contribution < -0.4 is 5.32 Å². The van der Waals surface area contributed by atoms with Gasteiger partial charge in [-0.15, -0.1) is 0 Å². The van der Waals surface area contributed by atoms with Crippen LogP contribution in [0.5, 0.6) is 0 Å². The molecule has 2 rings (SSSR count). The summed E-state index contributed by atoms with van der Waals surface area (Å²) in [6.07, 6.45) is 4.07. The Balaban J connectivity index is 1.87. The summed E-state index contributed by atoms with van der Waals surface area (Å²) >= 11 is 5.71. The zero-order chi connectivity index (χ0) is 12.3. The van der Waals surface area contributed by atoms with Crippen molar-refractivity contribution < 1.29 is 4.39 Å². The van der Waals surface area contributed by atoms with Gasteiger partial charge in [0.1, 0.15) is 5.82 Å². The molecule has 0 spiro atoms. The van der Waals surface area contributed by atoms with Gasteiger partial charge in [-0.3, -0.25) is 0 Å². The lowest BCUT2D eigenvalue weighted by Crippen LogP contribution is -2.12. The van der Waals surface area contributed by atoms with E-state index in [1.807, 2.05) is 17.8 Å². The van der Waals surface area contributed by atoms with E-state index >= 15 is 0 Å². The number of nitrogens with zero attached hydrogens (tertiary/aromatic N) is 1. The van der Waals surface area contributed by atoms with Crippen LogP contribution in [0.15, 0.2) is 36.7 Å². The fourth-order valence-electron chi connectivity index (χ4n) is 1.67. The third-order valence-corrected chi connectivity index (χ3v) is 2.83. The minimum absolute atomic E-state index is 0.170. The molecular weight excluding hydrogens is 239 g/mol. The third-order valence-electron chi connectivity index (χ3n) is 2.54. The average molecular weight is 253 g/mol. The molecule has 0 atom stereocenters. The molecule has 1 heterocycles. The Labute approximate surface area is 105 Å². The quantitative estimate of drug-likeness (QED) is 0.885. The van der Waals surface area contributed by atoms with E-state index in [9.17, 15) is 4.39 Å². The van der Waals surface area contributed by atoms with Crippen LogP contribution in [0.2, 0.25) is 5.02 Å². The number of benzene rings is 1. The fraction of sp³-hybridized carbons (Fsp3) is 0.231. The Morgan fingerprint density at radius 1 is 1.24 bits per heavy atom. The highest BCUT2D eigenvalue weighted by Crippen LogP contribution is 2.15. The fourth-order valence-corrected chi connectivity index (χ4v) is 1.87. The molecule has 0 saturated carbocycles. The van der Waals surface area contributed by atoms with Gasteiger partial charge < -0.3 is 9.88 Å². The van der Waals surface area contributed by atoms with Crippen molar-refractivity contribution in [3.8, 4) is 0 Å². The predicted octanol–water partition coefficient (Wildman–Crippen LogP) is 3.11. The minimum Gasteiger partial charge on any atom is -0.357 e. The van der Waals surface area contributed by atoms with Gasteiger partial charge in [-0.2, -0.15) is 0 Å². The molecule has 17 heavy (non-hydrogen) atoms. The van der Waals surface area contributed by atoms with E-state index in [1.165, 1.54) is 11.6 Å². The maximum atomic E-state index is 12.9. The Kier molecular flexibility index (Phi) is 3.82. The number of aromatic nitrogens is 1. The van der Waals surface area contributed by atoms with Gasteiger partial charge in [-0.25, -0.2) is 4.39 Å². The first-order chi connectivity index (χ1) is 8.15. The lowest BCUT2D eigenvalue weighted by atomic mass is 10.2. The molecule has 2 nitrogen and oxygen atoms in total. The normalized spacial score (nSPS) is 10.8. The van der Waals surface area contributed by atoms with E-state index in [-0.39, 0.29) is 10.8 Å². The number of aryl methyl sites for hydroxylation is 1. The summed E-state index contributed by atoms with van der Waals surface area (Å²) in [6, 6.07) is 6.83. The average Bonchev–Trinajstić information content (AvgIpc) is 2.70. The first-order valence-electron chi connectivity index (χ1n) is 5.40. The molecule has 0 fully saturated rings. The zero-order valence-corrected chi connectivity index (χ0v) is 10.3. The van der Waals surface area contributed by atoms with Crippen molar-refractivity contribution in [3.63, 3.8) is 0 Å². The summed E-state index contributed by atoms with van der Waals surface area (Å²) in [6.45, 7) is 1.46. The van der Waals surface area contributed by atoms with Crippen LogP contribution in [0.3, 0.4) is 0 Å². The Morgan fingerprint density at radius 3 is 2.65 bits per heavy atom. The summed E-state index contributed by atoms with van der Waals surface area (Å²) in [5.41, 5.74) is 2.20. The van der Waals surface area contributed by atoms with Crippen LogP contribution in [0.4, 0.5) is 4.39 Å². The van der Waals surface area contributed by atoms with E-state index in [0.29, 0.717) is 6.54 Å². The molecule has 0 radical (unpaired) electrons. The van der Waals surface area contributed by atoms with Crippen LogP contribution >= 0.6 is 11.6 Å². The number of hydrogen-bond donors (Lipinski definition) is 1. The SMILES string of the molecule is Cn1ccc(CNCc2ccc(F)c(Cl)c2)c1. The smallest absolute Gasteiger partial charge is 0.141 e. The standard InChI is InChI=1S/C13H14ClFN2/c1-17-5-4-11(9-17)8-16-7-10-2-3-13(15)12(14)6-10/h2-6,9,16H,7-8H2,1H3. The molecule has 2 aromatic rings. The highest BCUT2D eigenvalue weighted by atomic mass is 35.5. The number of rotatable bonds is 4. The summed E-state index contributed by atoms with van der Waals surface area (Å²) in [5, 5.41) is 3.45. The summed E-state index contributed by atoms with van der Waals surface area (Å²) < 4.78 is 14.9. The Hall–Kier alpha value is -1.32. The van der Waals surface area contributed by atoms with Gasteiger partial charge in [0.2, 0.25) is 0 Å². The number of hydrogen-bond acceptors (Lipinski definition) is 1. The minimum atomic E-state index is -0.376. The topological polar surface area (TPSA) is 17.0 Å². The van der Waals surface area contributed by atoms with E-state index < -0.39 is 0 Å². The summed E-state index contributed by atoms with van der Waals surface area (Å²) in [4.78, 5) is 0. The molecule has 0 aliphatic rings. The molecule has 0 aliphatic heterocycles. The highest BCUT2D eigenvalue weighted by molar-refractivity contribution is 6.30.